The molecule has 3 aromatic rings. The zero-order chi connectivity index (χ0) is 27.8. The van der Waals surface area contributed by atoms with Gasteiger partial charge in [-0.2, -0.15) is 23.4 Å². The highest BCUT2D eigenvalue weighted by molar-refractivity contribution is 5.83. The van der Waals surface area contributed by atoms with E-state index in [1.807, 2.05) is 38.2 Å². The van der Waals surface area contributed by atoms with Gasteiger partial charge in [0.25, 0.3) is 0 Å². The fourth-order valence-corrected chi connectivity index (χ4v) is 4.11. The lowest BCUT2D eigenvalue weighted by atomic mass is 9.75. The van der Waals surface area contributed by atoms with E-state index in [1.165, 1.54) is 13.8 Å². The van der Waals surface area contributed by atoms with E-state index in [9.17, 15) is 22.0 Å². The third-order valence-corrected chi connectivity index (χ3v) is 6.37. The summed E-state index contributed by atoms with van der Waals surface area (Å²) in [7, 11) is 1.67. The lowest BCUT2D eigenvalue weighted by molar-refractivity contribution is -0.227. The SMILES string of the molecule is CC1(C(F)(F)F)CCCCC1.CCC(F)F.CN=Nc1ccc(-c2ccn3nc(N)nc(C)c23)cc1C. The Morgan fingerprint density at radius 2 is 1.73 bits per heavy atom. The molecule has 1 saturated carbocycles. The van der Waals surface area contributed by atoms with Crippen molar-refractivity contribution < 1.29 is 22.0 Å². The van der Waals surface area contributed by atoms with Crippen LogP contribution in [-0.2, 0) is 0 Å². The minimum absolute atomic E-state index is 0.0278. The van der Waals surface area contributed by atoms with Crippen molar-refractivity contribution in [3.05, 3.63) is 41.7 Å². The van der Waals surface area contributed by atoms with Crippen LogP contribution in [0, 0.1) is 19.3 Å². The summed E-state index contributed by atoms with van der Waals surface area (Å²) in [6, 6.07) is 8.11. The number of rotatable bonds is 3. The van der Waals surface area contributed by atoms with Gasteiger partial charge in [-0.1, -0.05) is 39.2 Å². The van der Waals surface area contributed by atoms with Gasteiger partial charge in [-0.25, -0.2) is 18.3 Å². The summed E-state index contributed by atoms with van der Waals surface area (Å²) >= 11 is 0. The zero-order valence-corrected chi connectivity index (χ0v) is 21.9. The highest BCUT2D eigenvalue weighted by Gasteiger charge is 2.50. The second kappa shape index (κ2) is 12.9. The molecule has 6 nitrogen and oxygen atoms in total. The maximum atomic E-state index is 12.3. The first-order chi connectivity index (χ1) is 17.3. The van der Waals surface area contributed by atoms with Crippen molar-refractivity contribution in [2.45, 2.75) is 78.8 Å². The molecule has 4 rings (SSSR count). The third kappa shape index (κ3) is 7.93. The number of hydrogen-bond donors (Lipinski definition) is 1. The van der Waals surface area contributed by atoms with Crippen molar-refractivity contribution in [3.8, 4) is 11.1 Å². The molecule has 2 heterocycles. The van der Waals surface area contributed by atoms with Gasteiger partial charge in [-0.05, 0) is 56.0 Å². The molecule has 1 fully saturated rings. The molecule has 37 heavy (non-hydrogen) atoms. The van der Waals surface area contributed by atoms with Gasteiger partial charge in [-0.3, -0.25) is 0 Å². The number of nitrogens with zero attached hydrogens (tertiary/aromatic N) is 5. The second-order valence-corrected chi connectivity index (χ2v) is 9.30. The molecule has 0 unspecified atom stereocenters. The number of halogens is 5. The number of benzene rings is 1. The second-order valence-electron chi connectivity index (χ2n) is 9.30. The van der Waals surface area contributed by atoms with Crippen LogP contribution in [0.4, 0.5) is 33.6 Å². The van der Waals surface area contributed by atoms with Crippen molar-refractivity contribution in [3.63, 3.8) is 0 Å². The molecule has 1 aliphatic rings. The Kier molecular flexibility index (Phi) is 10.5. The van der Waals surface area contributed by atoms with Gasteiger partial charge in [0.2, 0.25) is 12.4 Å². The largest absolute Gasteiger partial charge is 0.394 e. The molecule has 0 saturated heterocycles. The van der Waals surface area contributed by atoms with Crippen LogP contribution in [0.1, 0.15) is 63.6 Å². The summed E-state index contributed by atoms with van der Waals surface area (Å²) in [4.78, 5) is 4.24. The molecule has 0 bridgehead atoms. The normalized spacial score (nSPS) is 15.3. The highest BCUT2D eigenvalue weighted by Crippen LogP contribution is 2.48. The lowest BCUT2D eigenvalue weighted by Crippen LogP contribution is -2.36. The number of aryl methyl sites for hydroxylation is 2. The topological polar surface area (TPSA) is 80.9 Å². The Morgan fingerprint density at radius 3 is 2.22 bits per heavy atom. The molecular formula is C26H35F5N6. The number of aromatic nitrogens is 3. The molecule has 2 aromatic heterocycles. The van der Waals surface area contributed by atoms with Crippen LogP contribution in [-0.4, -0.2) is 34.2 Å². The molecule has 0 spiro atoms. The summed E-state index contributed by atoms with van der Waals surface area (Å²) in [5.74, 6) is 0.275. The maximum Gasteiger partial charge on any atom is 0.394 e. The fourth-order valence-electron chi connectivity index (χ4n) is 4.11. The van der Waals surface area contributed by atoms with Crippen LogP contribution in [0.15, 0.2) is 40.7 Å². The number of nitrogen functional groups attached to an aromatic ring is 1. The summed E-state index contributed by atoms with van der Waals surface area (Å²) in [5, 5.41) is 12.1. The van der Waals surface area contributed by atoms with Crippen LogP contribution in [0.25, 0.3) is 16.6 Å². The van der Waals surface area contributed by atoms with E-state index in [0.29, 0.717) is 12.8 Å². The molecule has 0 radical (unpaired) electrons. The Balaban J connectivity index is 0.000000252. The van der Waals surface area contributed by atoms with Crippen molar-refractivity contribution in [2.75, 3.05) is 12.8 Å². The average molecular weight is 527 g/mol. The van der Waals surface area contributed by atoms with E-state index in [4.69, 9.17) is 5.73 Å². The quantitative estimate of drug-likeness (QED) is 0.274. The van der Waals surface area contributed by atoms with Gasteiger partial charge >= 0.3 is 6.18 Å². The van der Waals surface area contributed by atoms with Crippen molar-refractivity contribution in [1.29, 1.82) is 0 Å². The van der Waals surface area contributed by atoms with Crippen LogP contribution < -0.4 is 5.73 Å². The van der Waals surface area contributed by atoms with Crippen LogP contribution >= 0.6 is 0 Å². The van der Waals surface area contributed by atoms with E-state index in [-0.39, 0.29) is 12.4 Å². The molecule has 0 aliphatic heterocycles. The van der Waals surface area contributed by atoms with Gasteiger partial charge in [0.05, 0.1) is 22.3 Å². The Bertz CT molecular complexity index is 1180. The molecule has 204 valence electrons. The summed E-state index contributed by atoms with van der Waals surface area (Å²) < 4.78 is 60.3. The van der Waals surface area contributed by atoms with Gasteiger partial charge in [0.1, 0.15) is 0 Å². The van der Waals surface area contributed by atoms with E-state index >= 15 is 0 Å². The number of anilines is 1. The first-order valence-corrected chi connectivity index (χ1v) is 12.2. The predicted molar refractivity (Wildman–Crippen MR) is 136 cm³/mol. The van der Waals surface area contributed by atoms with E-state index < -0.39 is 18.0 Å². The smallest absolute Gasteiger partial charge is 0.367 e. The monoisotopic (exact) mass is 526 g/mol. The Hall–Kier alpha value is -3.11. The minimum Gasteiger partial charge on any atom is -0.367 e. The van der Waals surface area contributed by atoms with Crippen molar-refractivity contribution in [1.82, 2.24) is 14.6 Å². The Labute approximate surface area is 214 Å². The van der Waals surface area contributed by atoms with Crippen LogP contribution in [0.5, 0.6) is 0 Å². The van der Waals surface area contributed by atoms with Gasteiger partial charge in [0.15, 0.2) is 0 Å². The van der Waals surface area contributed by atoms with E-state index in [2.05, 4.69) is 26.4 Å². The fraction of sp³-hybridized carbons (Fsp3) is 0.538. The molecule has 0 atom stereocenters. The Morgan fingerprint density at radius 1 is 1.11 bits per heavy atom. The van der Waals surface area contributed by atoms with Crippen molar-refractivity contribution >= 4 is 17.2 Å². The minimum atomic E-state index is -3.99. The number of fused-ring (bicyclic) bond motifs is 1. The van der Waals surface area contributed by atoms with Gasteiger partial charge < -0.3 is 5.73 Å². The van der Waals surface area contributed by atoms with Crippen molar-refractivity contribution in [2.24, 2.45) is 15.6 Å². The first-order valence-electron chi connectivity index (χ1n) is 12.2. The number of nitrogens with two attached hydrogens (primary N) is 1. The van der Waals surface area contributed by atoms with Gasteiger partial charge in [-0.15, -0.1) is 5.10 Å². The lowest BCUT2D eigenvalue weighted by Gasteiger charge is -2.35. The summed E-state index contributed by atoms with van der Waals surface area (Å²) in [5.41, 5.74) is 10.3. The average Bonchev–Trinajstić information content (AvgIpc) is 3.25. The number of hydrogen-bond acceptors (Lipinski definition) is 5. The third-order valence-electron chi connectivity index (χ3n) is 6.37. The van der Waals surface area contributed by atoms with Crippen LogP contribution in [0.2, 0.25) is 0 Å². The number of alkyl halides is 5. The number of azo groups is 1. The summed E-state index contributed by atoms with van der Waals surface area (Å²) in [6.45, 7) is 6.74. The molecular weight excluding hydrogens is 491 g/mol. The predicted octanol–water partition coefficient (Wildman–Crippen LogP) is 8.49. The summed E-state index contributed by atoms with van der Waals surface area (Å²) in [6.07, 6.45) is -1.18. The molecule has 0 amide bonds. The molecule has 1 aromatic carbocycles. The first kappa shape index (κ1) is 30.1. The maximum absolute atomic E-state index is 12.3. The van der Waals surface area contributed by atoms with E-state index in [1.54, 1.807) is 11.6 Å². The standard InChI is InChI=1S/C15H16N6.C8H13F3.C3H6F2/c1-9-8-11(4-5-13(9)19-17-3)12-6-7-21-14(12)10(2)18-15(16)20-21;1-7(8(9,10)11)5-3-2-4-6-7;1-2-3(4)5/h4-8H,1-3H3,(H2,16,20);2-6H2,1H3;3H,2H2,1H3. The highest BCUT2D eigenvalue weighted by atomic mass is 19.4. The van der Waals surface area contributed by atoms with Gasteiger partial charge in [0, 0.05) is 25.2 Å². The molecule has 11 heteroatoms. The van der Waals surface area contributed by atoms with Crippen LogP contribution in [0.3, 0.4) is 0 Å². The zero-order valence-electron chi connectivity index (χ0n) is 21.9. The molecule has 1 aliphatic carbocycles. The molecule has 2 N–H and O–H groups in total. The van der Waals surface area contributed by atoms with E-state index in [0.717, 1.165) is 52.9 Å².